The van der Waals surface area contributed by atoms with Gasteiger partial charge in [-0.1, -0.05) is 24.6 Å². The third kappa shape index (κ3) is 3.59. The van der Waals surface area contributed by atoms with E-state index >= 15 is 0 Å². The largest absolute Gasteiger partial charge is 0.480 e. The molecule has 0 bridgehead atoms. The van der Waals surface area contributed by atoms with E-state index in [1.807, 2.05) is 0 Å². The molecule has 0 spiro atoms. The van der Waals surface area contributed by atoms with E-state index < -0.39 is 23.9 Å². The van der Waals surface area contributed by atoms with E-state index in [1.54, 1.807) is 6.92 Å². The molecule has 1 aromatic rings. The third-order valence-corrected chi connectivity index (χ3v) is 2.53. The molecule has 18 heavy (non-hydrogen) atoms. The zero-order valence-corrected chi connectivity index (χ0v) is 10.3. The molecule has 0 aliphatic heterocycles. The topological polar surface area (TPSA) is 78.4 Å². The number of hydrogen-bond acceptors (Lipinski definition) is 2. The van der Waals surface area contributed by atoms with Crippen molar-refractivity contribution in [2.75, 3.05) is 5.32 Å². The Kier molecular flexibility index (Phi) is 4.91. The molecule has 0 saturated carbocycles. The zero-order valence-electron chi connectivity index (χ0n) is 9.54. The molecule has 0 aromatic heterocycles. The maximum atomic E-state index is 13.3. The Balaban J connectivity index is 2.73. The van der Waals surface area contributed by atoms with Crippen LogP contribution in [0.5, 0.6) is 0 Å². The highest BCUT2D eigenvalue weighted by Gasteiger charge is 2.18. The van der Waals surface area contributed by atoms with Crippen molar-refractivity contribution in [2.45, 2.75) is 19.4 Å². The van der Waals surface area contributed by atoms with Crippen LogP contribution in [0.15, 0.2) is 18.2 Å². The molecule has 98 valence electrons. The summed E-state index contributed by atoms with van der Waals surface area (Å²) in [6, 6.07) is 2.09. The number of urea groups is 1. The smallest absolute Gasteiger partial charge is 0.326 e. The molecular weight excluding hydrogens is 263 g/mol. The number of benzene rings is 1. The maximum absolute atomic E-state index is 13.3. The first-order valence-electron chi connectivity index (χ1n) is 5.20. The van der Waals surface area contributed by atoms with Crippen LogP contribution >= 0.6 is 11.6 Å². The molecule has 0 aliphatic carbocycles. The molecule has 0 fully saturated rings. The fourth-order valence-corrected chi connectivity index (χ4v) is 1.47. The molecule has 0 aliphatic rings. The minimum absolute atomic E-state index is 0.0357. The van der Waals surface area contributed by atoms with Gasteiger partial charge in [-0.2, -0.15) is 0 Å². The standard InChI is InChI=1S/C11H12ClFN2O3/c1-2-8(10(16)17)14-11(18)15-9-6(12)4-3-5-7(9)13/h3-5,8H,2H2,1H3,(H,16,17)(H2,14,15,18). The van der Waals surface area contributed by atoms with Gasteiger partial charge in [-0.25, -0.2) is 14.0 Å². The number of carbonyl (C=O) groups excluding carboxylic acids is 1. The normalized spacial score (nSPS) is 11.7. The number of carboxylic acid groups (broad SMARTS) is 1. The van der Waals surface area contributed by atoms with Gasteiger partial charge in [0.1, 0.15) is 11.9 Å². The number of carboxylic acids is 1. The Bertz CT molecular complexity index is 447. The van der Waals surface area contributed by atoms with Crippen LogP contribution in [0.25, 0.3) is 0 Å². The van der Waals surface area contributed by atoms with Crippen molar-refractivity contribution in [3.63, 3.8) is 0 Å². The van der Waals surface area contributed by atoms with Crippen molar-refractivity contribution in [3.05, 3.63) is 29.0 Å². The molecule has 5 nitrogen and oxygen atoms in total. The van der Waals surface area contributed by atoms with Crippen LogP contribution in [-0.4, -0.2) is 23.1 Å². The number of para-hydroxylation sites is 1. The van der Waals surface area contributed by atoms with Crippen molar-refractivity contribution in [3.8, 4) is 0 Å². The highest BCUT2D eigenvalue weighted by molar-refractivity contribution is 6.33. The average molecular weight is 275 g/mol. The van der Waals surface area contributed by atoms with Crippen LogP contribution in [0.4, 0.5) is 14.9 Å². The molecule has 0 radical (unpaired) electrons. The van der Waals surface area contributed by atoms with Gasteiger partial charge in [-0.15, -0.1) is 0 Å². The van der Waals surface area contributed by atoms with Gasteiger partial charge in [0.05, 0.1) is 10.7 Å². The number of halogens is 2. The maximum Gasteiger partial charge on any atom is 0.326 e. The summed E-state index contributed by atoms with van der Waals surface area (Å²) in [7, 11) is 0. The number of aliphatic carboxylic acids is 1. The van der Waals surface area contributed by atoms with E-state index in [-0.39, 0.29) is 17.1 Å². The van der Waals surface area contributed by atoms with Gasteiger partial charge in [0.25, 0.3) is 0 Å². The Morgan fingerprint density at radius 1 is 1.50 bits per heavy atom. The van der Waals surface area contributed by atoms with Gasteiger partial charge in [0.2, 0.25) is 0 Å². The van der Waals surface area contributed by atoms with Gasteiger partial charge in [0, 0.05) is 0 Å². The highest BCUT2D eigenvalue weighted by Crippen LogP contribution is 2.24. The zero-order chi connectivity index (χ0) is 13.7. The number of anilines is 1. The summed E-state index contributed by atoms with van der Waals surface area (Å²) in [6.45, 7) is 1.61. The van der Waals surface area contributed by atoms with E-state index in [0.29, 0.717) is 0 Å². The van der Waals surface area contributed by atoms with Crippen LogP contribution in [0.3, 0.4) is 0 Å². The summed E-state index contributed by atoms with van der Waals surface area (Å²) in [4.78, 5) is 22.2. The van der Waals surface area contributed by atoms with Gasteiger partial charge >= 0.3 is 12.0 Å². The van der Waals surface area contributed by atoms with Crippen LogP contribution in [0, 0.1) is 5.82 Å². The van der Waals surface area contributed by atoms with Crippen molar-refractivity contribution in [1.82, 2.24) is 5.32 Å². The summed E-state index contributed by atoms with van der Waals surface area (Å²) >= 11 is 5.71. The second kappa shape index (κ2) is 6.20. The molecule has 0 saturated heterocycles. The summed E-state index contributed by atoms with van der Waals surface area (Å²) in [5, 5.41) is 13.2. The quantitative estimate of drug-likeness (QED) is 0.789. The van der Waals surface area contributed by atoms with Crippen molar-refractivity contribution in [2.24, 2.45) is 0 Å². The van der Waals surface area contributed by atoms with Gasteiger partial charge in [-0.05, 0) is 18.6 Å². The van der Waals surface area contributed by atoms with Gasteiger partial charge < -0.3 is 15.7 Å². The van der Waals surface area contributed by atoms with E-state index in [4.69, 9.17) is 16.7 Å². The monoisotopic (exact) mass is 274 g/mol. The second-order valence-electron chi connectivity index (χ2n) is 3.49. The van der Waals surface area contributed by atoms with Gasteiger partial charge in [0.15, 0.2) is 0 Å². The van der Waals surface area contributed by atoms with E-state index in [0.717, 1.165) is 6.07 Å². The fourth-order valence-electron chi connectivity index (χ4n) is 1.26. The minimum atomic E-state index is -1.16. The Morgan fingerprint density at radius 3 is 2.67 bits per heavy atom. The molecule has 1 rings (SSSR count). The molecule has 1 unspecified atom stereocenters. The Hall–Kier alpha value is -1.82. The van der Waals surface area contributed by atoms with E-state index in [2.05, 4.69) is 10.6 Å². The lowest BCUT2D eigenvalue weighted by Gasteiger charge is -2.14. The summed E-state index contributed by atoms with van der Waals surface area (Å²) in [6.07, 6.45) is 0.216. The number of rotatable bonds is 4. The molecule has 0 heterocycles. The minimum Gasteiger partial charge on any atom is -0.480 e. The SMILES string of the molecule is CCC(NC(=O)Nc1c(F)cccc1Cl)C(=O)O. The van der Waals surface area contributed by atoms with Crippen molar-refractivity contribution < 1.29 is 19.1 Å². The predicted molar refractivity (Wildman–Crippen MR) is 65.3 cm³/mol. The molecule has 2 amide bonds. The number of nitrogens with one attached hydrogen (secondary N) is 2. The molecular formula is C11H12ClFN2O3. The third-order valence-electron chi connectivity index (χ3n) is 2.21. The highest BCUT2D eigenvalue weighted by atomic mass is 35.5. The predicted octanol–water partition coefficient (Wildman–Crippen LogP) is 2.46. The fraction of sp³-hybridized carbons (Fsp3) is 0.273. The number of carbonyl (C=O) groups is 2. The van der Waals surface area contributed by atoms with Crippen molar-refractivity contribution in [1.29, 1.82) is 0 Å². The summed E-state index contributed by atoms with van der Waals surface area (Å²) in [5.74, 6) is -1.85. The molecule has 1 atom stereocenters. The van der Waals surface area contributed by atoms with E-state index in [1.165, 1.54) is 12.1 Å². The summed E-state index contributed by atoms with van der Waals surface area (Å²) < 4.78 is 13.3. The number of hydrogen-bond donors (Lipinski definition) is 3. The second-order valence-corrected chi connectivity index (χ2v) is 3.90. The lowest BCUT2D eigenvalue weighted by atomic mass is 10.2. The number of amides is 2. The molecule has 1 aromatic carbocycles. The Labute approximate surface area is 108 Å². The van der Waals surface area contributed by atoms with E-state index in [9.17, 15) is 14.0 Å². The van der Waals surface area contributed by atoms with Crippen LogP contribution in [0.2, 0.25) is 5.02 Å². The first kappa shape index (κ1) is 14.2. The van der Waals surface area contributed by atoms with Crippen LogP contribution in [0.1, 0.15) is 13.3 Å². The lowest BCUT2D eigenvalue weighted by molar-refractivity contribution is -0.139. The van der Waals surface area contributed by atoms with Gasteiger partial charge in [-0.3, -0.25) is 0 Å². The molecule has 7 heteroatoms. The van der Waals surface area contributed by atoms with Crippen molar-refractivity contribution >= 4 is 29.3 Å². The molecule has 3 N–H and O–H groups in total. The summed E-state index contributed by atoms with van der Waals surface area (Å²) in [5.41, 5.74) is -0.183. The van der Waals surface area contributed by atoms with Crippen LogP contribution in [-0.2, 0) is 4.79 Å². The first-order valence-corrected chi connectivity index (χ1v) is 5.57. The first-order chi connectivity index (χ1) is 8.45. The lowest BCUT2D eigenvalue weighted by Crippen LogP contribution is -2.42. The average Bonchev–Trinajstić information content (AvgIpc) is 2.30. The van der Waals surface area contributed by atoms with Crippen LogP contribution < -0.4 is 10.6 Å². The Morgan fingerprint density at radius 2 is 2.17 bits per heavy atom.